The minimum Gasteiger partial charge on any atom is -0.309 e. The molecule has 0 amide bonds. The number of nitrogens with zero attached hydrogens (tertiary/aromatic N) is 5. The third kappa shape index (κ3) is 6.90. The van der Waals surface area contributed by atoms with Crippen molar-refractivity contribution < 1.29 is 0 Å². The fraction of sp³-hybridized carbons (Fsp3) is 0. The molecule has 0 saturated heterocycles. The first-order valence-electron chi connectivity index (χ1n) is 24.4. The van der Waals surface area contributed by atoms with Gasteiger partial charge in [0.25, 0.3) is 0 Å². The standard InChI is InChI=1S/C67H43N5/c1-4-19-45(20-5-1)52-40-39-50(43-63(52)71-59-31-14-10-25-55(59)56-26-11-15-32-60(56)71)67-69-65(47-23-8-3-9-24-47)68-66(70-67)49-38-36-44-35-37-48(41-51(44)42-49)54-30-18-29-53(46-21-6-2-7-22-46)64(54)72-61-33-16-12-27-57(61)58-28-13-17-34-62(58)72/h1-43H. The van der Waals surface area contributed by atoms with E-state index in [9.17, 15) is 0 Å². The summed E-state index contributed by atoms with van der Waals surface area (Å²) in [5.41, 5.74) is 16.4. The van der Waals surface area contributed by atoms with Crippen LogP contribution in [0.15, 0.2) is 261 Å². The molecular formula is C67H43N5. The van der Waals surface area contributed by atoms with Crippen LogP contribution in [0.2, 0.25) is 0 Å². The first kappa shape index (κ1) is 41.3. The molecule has 14 rings (SSSR count). The molecule has 0 aliphatic carbocycles. The number of aromatic nitrogens is 5. The topological polar surface area (TPSA) is 48.5 Å². The summed E-state index contributed by atoms with van der Waals surface area (Å²) in [4.78, 5) is 15.8. The number of para-hydroxylation sites is 5. The molecule has 0 aliphatic heterocycles. The SMILES string of the molecule is c1ccc(-c2nc(-c3ccc(-c4ccccc4)c(-n4c5ccccc5c5ccccc54)c3)nc(-c3ccc4ccc(-c5cccc(-c6ccccc6)c5-n5c6ccccc6c6ccccc65)cc4c3)n2)cc1. The summed E-state index contributed by atoms with van der Waals surface area (Å²) in [5, 5.41) is 7.09. The Morgan fingerprint density at radius 1 is 0.236 bits per heavy atom. The average Bonchev–Trinajstić information content (AvgIpc) is 3.98. The third-order valence-corrected chi connectivity index (χ3v) is 14.2. The molecule has 0 saturated carbocycles. The summed E-state index contributed by atoms with van der Waals surface area (Å²) < 4.78 is 4.85. The Bertz CT molecular complexity index is 4270. The molecule has 0 radical (unpaired) electrons. The smallest absolute Gasteiger partial charge is 0.164 e. The van der Waals surface area contributed by atoms with Crippen molar-refractivity contribution in [3.63, 3.8) is 0 Å². The molecule has 0 aliphatic rings. The van der Waals surface area contributed by atoms with Gasteiger partial charge in [-0.05, 0) is 69.9 Å². The summed E-state index contributed by atoms with van der Waals surface area (Å²) in [7, 11) is 0. The lowest BCUT2D eigenvalue weighted by Gasteiger charge is -2.19. The summed E-state index contributed by atoms with van der Waals surface area (Å²) in [6.07, 6.45) is 0. The van der Waals surface area contributed by atoms with Gasteiger partial charge in [0.15, 0.2) is 17.5 Å². The van der Waals surface area contributed by atoms with E-state index in [1.807, 2.05) is 18.2 Å². The molecule has 72 heavy (non-hydrogen) atoms. The summed E-state index contributed by atoms with van der Waals surface area (Å²) >= 11 is 0. The van der Waals surface area contributed by atoms with Gasteiger partial charge in [0.2, 0.25) is 0 Å². The Balaban J connectivity index is 0.953. The fourth-order valence-electron chi connectivity index (χ4n) is 10.8. The molecule has 0 unspecified atom stereocenters. The second kappa shape index (κ2) is 17.1. The van der Waals surface area contributed by atoms with Gasteiger partial charge in [0, 0.05) is 54.9 Å². The molecule has 5 nitrogen and oxygen atoms in total. The number of rotatable bonds is 8. The van der Waals surface area contributed by atoms with Crippen LogP contribution in [0, 0.1) is 0 Å². The van der Waals surface area contributed by atoms with E-state index < -0.39 is 0 Å². The Labute approximate surface area is 416 Å². The zero-order valence-corrected chi connectivity index (χ0v) is 39.1. The predicted octanol–water partition coefficient (Wildman–Crippen LogP) is 17.2. The number of hydrogen-bond acceptors (Lipinski definition) is 3. The van der Waals surface area contributed by atoms with Gasteiger partial charge in [0.1, 0.15) is 0 Å². The van der Waals surface area contributed by atoms with Gasteiger partial charge in [-0.15, -0.1) is 0 Å². The molecule has 0 spiro atoms. The van der Waals surface area contributed by atoms with Crippen molar-refractivity contribution in [3.05, 3.63) is 261 Å². The highest BCUT2D eigenvalue weighted by Crippen LogP contribution is 2.43. The highest BCUT2D eigenvalue weighted by molar-refractivity contribution is 6.11. The van der Waals surface area contributed by atoms with Gasteiger partial charge in [0.05, 0.1) is 33.4 Å². The zero-order chi connectivity index (χ0) is 47.5. The second-order valence-corrected chi connectivity index (χ2v) is 18.4. The normalized spacial score (nSPS) is 11.6. The summed E-state index contributed by atoms with van der Waals surface area (Å²) in [6, 6.07) is 93.1. The van der Waals surface area contributed by atoms with E-state index in [0.717, 1.165) is 83.3 Å². The van der Waals surface area contributed by atoms with Crippen molar-refractivity contribution >= 4 is 54.4 Å². The Kier molecular flexibility index (Phi) is 9.78. The van der Waals surface area contributed by atoms with Gasteiger partial charge < -0.3 is 9.13 Å². The second-order valence-electron chi connectivity index (χ2n) is 18.4. The lowest BCUT2D eigenvalue weighted by Crippen LogP contribution is -2.02. The monoisotopic (exact) mass is 917 g/mol. The first-order chi connectivity index (χ1) is 35.7. The molecule has 14 aromatic rings. The highest BCUT2D eigenvalue weighted by atomic mass is 15.0. The van der Waals surface area contributed by atoms with Gasteiger partial charge in [-0.2, -0.15) is 0 Å². The van der Waals surface area contributed by atoms with Crippen LogP contribution < -0.4 is 0 Å². The van der Waals surface area contributed by atoms with E-state index in [-0.39, 0.29) is 0 Å². The van der Waals surface area contributed by atoms with E-state index in [1.54, 1.807) is 0 Å². The Morgan fingerprint density at radius 3 is 1.17 bits per heavy atom. The largest absolute Gasteiger partial charge is 0.309 e. The van der Waals surface area contributed by atoms with Crippen LogP contribution in [0.5, 0.6) is 0 Å². The maximum absolute atomic E-state index is 5.35. The highest BCUT2D eigenvalue weighted by Gasteiger charge is 2.22. The Morgan fingerprint density at radius 2 is 0.625 bits per heavy atom. The summed E-state index contributed by atoms with van der Waals surface area (Å²) in [5.74, 6) is 1.82. The molecule has 0 fully saturated rings. The maximum Gasteiger partial charge on any atom is 0.164 e. The van der Waals surface area contributed by atoms with Crippen LogP contribution in [0.4, 0.5) is 0 Å². The fourth-order valence-corrected chi connectivity index (χ4v) is 10.8. The number of benzene rings is 11. The van der Waals surface area contributed by atoms with Crippen molar-refractivity contribution in [1.29, 1.82) is 0 Å². The molecule has 0 bridgehead atoms. The van der Waals surface area contributed by atoms with Gasteiger partial charge in [-0.3, -0.25) is 0 Å². The zero-order valence-electron chi connectivity index (χ0n) is 39.1. The van der Waals surface area contributed by atoms with Crippen LogP contribution in [-0.4, -0.2) is 24.1 Å². The number of hydrogen-bond donors (Lipinski definition) is 0. The lowest BCUT2D eigenvalue weighted by atomic mass is 9.93. The lowest BCUT2D eigenvalue weighted by molar-refractivity contribution is 1.07. The Hall–Kier alpha value is -9.71. The van der Waals surface area contributed by atoms with Gasteiger partial charge in [-0.25, -0.2) is 15.0 Å². The molecule has 336 valence electrons. The van der Waals surface area contributed by atoms with Crippen LogP contribution in [0.25, 0.3) is 133 Å². The summed E-state index contributed by atoms with van der Waals surface area (Å²) in [6.45, 7) is 0. The molecule has 3 aromatic heterocycles. The molecule has 11 aromatic carbocycles. The molecule has 0 N–H and O–H groups in total. The average molecular weight is 918 g/mol. The van der Waals surface area contributed by atoms with Crippen LogP contribution in [0.3, 0.4) is 0 Å². The van der Waals surface area contributed by atoms with Gasteiger partial charge >= 0.3 is 0 Å². The minimum atomic E-state index is 0.600. The van der Waals surface area contributed by atoms with Crippen LogP contribution >= 0.6 is 0 Å². The van der Waals surface area contributed by atoms with Crippen molar-refractivity contribution in [2.75, 3.05) is 0 Å². The predicted molar refractivity (Wildman–Crippen MR) is 299 cm³/mol. The maximum atomic E-state index is 5.35. The van der Waals surface area contributed by atoms with E-state index in [4.69, 9.17) is 15.0 Å². The molecule has 5 heteroatoms. The molecule has 3 heterocycles. The van der Waals surface area contributed by atoms with Crippen LogP contribution in [-0.2, 0) is 0 Å². The van der Waals surface area contributed by atoms with Crippen LogP contribution in [0.1, 0.15) is 0 Å². The van der Waals surface area contributed by atoms with Crippen molar-refractivity contribution in [2.45, 2.75) is 0 Å². The van der Waals surface area contributed by atoms with E-state index in [2.05, 4.69) is 252 Å². The number of fused-ring (bicyclic) bond motifs is 7. The quantitative estimate of drug-likeness (QED) is 0.153. The van der Waals surface area contributed by atoms with Crippen molar-refractivity contribution in [3.8, 4) is 78.9 Å². The van der Waals surface area contributed by atoms with E-state index in [0.29, 0.717) is 17.5 Å². The van der Waals surface area contributed by atoms with E-state index >= 15 is 0 Å². The minimum absolute atomic E-state index is 0.600. The third-order valence-electron chi connectivity index (χ3n) is 14.2. The van der Waals surface area contributed by atoms with Crippen molar-refractivity contribution in [1.82, 2.24) is 24.1 Å². The van der Waals surface area contributed by atoms with Gasteiger partial charge in [-0.1, -0.05) is 218 Å². The molecule has 0 atom stereocenters. The van der Waals surface area contributed by atoms with Crippen molar-refractivity contribution in [2.24, 2.45) is 0 Å². The molecular weight excluding hydrogens is 875 g/mol. The van der Waals surface area contributed by atoms with E-state index in [1.165, 1.54) is 32.6 Å². The first-order valence-corrected chi connectivity index (χ1v) is 24.4.